The summed E-state index contributed by atoms with van der Waals surface area (Å²) >= 11 is 1.50. The Hall–Kier alpha value is -1.81. The summed E-state index contributed by atoms with van der Waals surface area (Å²) in [6.45, 7) is 0. The van der Waals surface area contributed by atoms with Crippen molar-refractivity contribution in [1.82, 2.24) is 5.32 Å². The largest absolute Gasteiger partial charge is 0.399 e. The Morgan fingerprint density at radius 2 is 2.11 bits per heavy atom. The van der Waals surface area contributed by atoms with E-state index in [-0.39, 0.29) is 5.91 Å². The maximum absolute atomic E-state index is 11.9. The highest BCUT2D eigenvalue weighted by atomic mass is 32.1. The number of hydrogen-bond donors (Lipinski definition) is 2. The van der Waals surface area contributed by atoms with Crippen LogP contribution in [-0.2, 0) is 0 Å². The number of anilines is 1. The Morgan fingerprint density at radius 3 is 2.83 bits per heavy atom. The van der Waals surface area contributed by atoms with Crippen LogP contribution in [0.25, 0.3) is 10.4 Å². The van der Waals surface area contributed by atoms with Crippen LogP contribution in [0, 0.1) is 0 Å². The first kappa shape index (κ1) is 11.3. The molecule has 3 nitrogen and oxygen atoms in total. The van der Waals surface area contributed by atoms with Crippen molar-refractivity contribution < 1.29 is 4.79 Å². The smallest absolute Gasteiger partial charge is 0.261 e. The molecule has 18 heavy (non-hydrogen) atoms. The van der Waals surface area contributed by atoms with E-state index in [1.165, 1.54) is 11.3 Å². The molecule has 2 aromatic rings. The zero-order valence-electron chi connectivity index (χ0n) is 9.85. The summed E-state index contributed by atoms with van der Waals surface area (Å²) in [5.41, 5.74) is 7.56. The summed E-state index contributed by atoms with van der Waals surface area (Å²) in [7, 11) is 0. The van der Waals surface area contributed by atoms with Gasteiger partial charge in [0.2, 0.25) is 0 Å². The van der Waals surface area contributed by atoms with Crippen LogP contribution >= 0.6 is 11.3 Å². The highest BCUT2D eigenvalue weighted by molar-refractivity contribution is 7.17. The SMILES string of the molecule is Nc1cccc(-c2ccc(C(=O)NC3CC3)s2)c1. The fourth-order valence-electron chi connectivity index (χ4n) is 1.79. The molecule has 0 saturated heterocycles. The molecule has 3 N–H and O–H groups in total. The monoisotopic (exact) mass is 258 g/mol. The zero-order valence-corrected chi connectivity index (χ0v) is 10.7. The number of hydrogen-bond acceptors (Lipinski definition) is 3. The minimum Gasteiger partial charge on any atom is -0.399 e. The fourth-order valence-corrected chi connectivity index (χ4v) is 2.70. The molecule has 0 atom stereocenters. The number of nitrogen functional groups attached to an aromatic ring is 1. The summed E-state index contributed by atoms with van der Waals surface area (Å²) < 4.78 is 0. The van der Waals surface area contributed by atoms with Crippen LogP contribution < -0.4 is 11.1 Å². The van der Waals surface area contributed by atoms with Gasteiger partial charge in [-0.2, -0.15) is 0 Å². The van der Waals surface area contributed by atoms with E-state index in [2.05, 4.69) is 5.32 Å². The van der Waals surface area contributed by atoms with Crippen molar-refractivity contribution in [2.24, 2.45) is 0 Å². The van der Waals surface area contributed by atoms with Gasteiger partial charge in [-0.3, -0.25) is 4.79 Å². The Bertz CT molecular complexity index is 587. The third-order valence-electron chi connectivity index (χ3n) is 2.91. The molecule has 0 spiro atoms. The number of carbonyl (C=O) groups is 1. The second-order valence-corrected chi connectivity index (χ2v) is 5.62. The molecule has 0 radical (unpaired) electrons. The van der Waals surface area contributed by atoms with Crippen LogP contribution in [0.4, 0.5) is 5.69 Å². The van der Waals surface area contributed by atoms with E-state index in [4.69, 9.17) is 5.73 Å². The van der Waals surface area contributed by atoms with Gasteiger partial charge in [0.15, 0.2) is 0 Å². The number of carbonyl (C=O) groups excluding carboxylic acids is 1. The molecular formula is C14H14N2OS. The van der Waals surface area contributed by atoms with E-state index >= 15 is 0 Å². The van der Waals surface area contributed by atoms with Crippen LogP contribution in [0.5, 0.6) is 0 Å². The molecule has 0 unspecified atom stereocenters. The molecule has 1 saturated carbocycles. The third kappa shape index (κ3) is 2.38. The molecule has 1 heterocycles. The number of nitrogens with one attached hydrogen (secondary N) is 1. The predicted molar refractivity (Wildman–Crippen MR) is 74.7 cm³/mol. The van der Waals surface area contributed by atoms with Crippen LogP contribution in [0.3, 0.4) is 0 Å². The van der Waals surface area contributed by atoms with Gasteiger partial charge in [0.25, 0.3) is 5.91 Å². The summed E-state index contributed by atoms with van der Waals surface area (Å²) in [6, 6.07) is 12.0. The molecule has 4 heteroatoms. The first-order valence-electron chi connectivity index (χ1n) is 5.99. The lowest BCUT2D eigenvalue weighted by atomic mass is 10.2. The molecular weight excluding hydrogens is 244 g/mol. The average molecular weight is 258 g/mol. The van der Waals surface area contributed by atoms with Gasteiger partial charge in [-0.15, -0.1) is 11.3 Å². The van der Waals surface area contributed by atoms with E-state index in [1.807, 2.05) is 36.4 Å². The van der Waals surface area contributed by atoms with Crippen molar-refractivity contribution in [1.29, 1.82) is 0 Å². The molecule has 1 aromatic heterocycles. The molecule has 1 amide bonds. The number of amides is 1. The highest BCUT2D eigenvalue weighted by Crippen LogP contribution is 2.29. The minimum atomic E-state index is 0.0395. The second kappa shape index (κ2) is 4.46. The topological polar surface area (TPSA) is 55.1 Å². The first-order valence-corrected chi connectivity index (χ1v) is 6.80. The van der Waals surface area contributed by atoms with Crippen molar-refractivity contribution in [3.8, 4) is 10.4 Å². The number of thiophene rings is 1. The van der Waals surface area contributed by atoms with E-state index in [0.717, 1.165) is 33.8 Å². The van der Waals surface area contributed by atoms with Gasteiger partial charge in [0.1, 0.15) is 0 Å². The molecule has 1 aliphatic carbocycles. The molecule has 1 aromatic carbocycles. The van der Waals surface area contributed by atoms with E-state index in [0.29, 0.717) is 6.04 Å². The lowest BCUT2D eigenvalue weighted by Gasteiger charge is -2.00. The van der Waals surface area contributed by atoms with Crippen molar-refractivity contribution in [3.63, 3.8) is 0 Å². The second-order valence-electron chi connectivity index (χ2n) is 4.54. The quantitative estimate of drug-likeness (QED) is 0.832. The lowest BCUT2D eigenvalue weighted by Crippen LogP contribution is -2.24. The van der Waals surface area contributed by atoms with Gasteiger partial charge < -0.3 is 11.1 Å². The summed E-state index contributed by atoms with van der Waals surface area (Å²) in [4.78, 5) is 13.7. The van der Waals surface area contributed by atoms with Gasteiger partial charge in [-0.25, -0.2) is 0 Å². The fraction of sp³-hybridized carbons (Fsp3) is 0.214. The van der Waals surface area contributed by atoms with Gasteiger partial charge in [-0.05, 0) is 42.7 Å². The Labute approximate surface area is 110 Å². The molecule has 3 rings (SSSR count). The molecule has 1 fully saturated rings. The predicted octanol–water partition coefficient (Wildman–Crippen LogP) is 2.89. The van der Waals surface area contributed by atoms with Crippen LogP contribution in [-0.4, -0.2) is 11.9 Å². The standard InChI is InChI=1S/C14H14N2OS/c15-10-3-1-2-9(8-10)12-6-7-13(18-12)14(17)16-11-4-5-11/h1-3,6-8,11H,4-5,15H2,(H,16,17). The van der Waals surface area contributed by atoms with Crippen molar-refractivity contribution >= 4 is 22.9 Å². The lowest BCUT2D eigenvalue weighted by molar-refractivity contribution is 0.0955. The van der Waals surface area contributed by atoms with Crippen molar-refractivity contribution in [2.75, 3.05) is 5.73 Å². The van der Waals surface area contributed by atoms with Gasteiger partial charge >= 0.3 is 0 Å². The highest BCUT2D eigenvalue weighted by Gasteiger charge is 2.24. The normalized spacial score (nSPS) is 14.4. The van der Waals surface area contributed by atoms with Gasteiger partial charge in [0, 0.05) is 16.6 Å². The Morgan fingerprint density at radius 1 is 1.28 bits per heavy atom. The van der Waals surface area contributed by atoms with E-state index in [1.54, 1.807) is 0 Å². The van der Waals surface area contributed by atoms with Crippen LogP contribution in [0.2, 0.25) is 0 Å². The van der Waals surface area contributed by atoms with Crippen molar-refractivity contribution in [3.05, 3.63) is 41.3 Å². The summed E-state index contributed by atoms with van der Waals surface area (Å²) in [5.74, 6) is 0.0395. The first-order chi connectivity index (χ1) is 8.72. The third-order valence-corrected chi connectivity index (χ3v) is 4.05. The number of rotatable bonds is 3. The molecule has 1 aliphatic rings. The Kier molecular flexibility index (Phi) is 2.80. The maximum Gasteiger partial charge on any atom is 0.261 e. The average Bonchev–Trinajstić information content (AvgIpc) is 3.03. The van der Waals surface area contributed by atoms with Crippen molar-refractivity contribution in [2.45, 2.75) is 18.9 Å². The molecule has 92 valence electrons. The van der Waals surface area contributed by atoms with Crippen LogP contribution in [0.1, 0.15) is 22.5 Å². The van der Waals surface area contributed by atoms with E-state index in [9.17, 15) is 4.79 Å². The number of benzene rings is 1. The van der Waals surface area contributed by atoms with Crippen LogP contribution in [0.15, 0.2) is 36.4 Å². The summed E-state index contributed by atoms with van der Waals surface area (Å²) in [5, 5.41) is 2.99. The number of nitrogens with two attached hydrogens (primary N) is 1. The Balaban J connectivity index is 1.82. The molecule has 0 bridgehead atoms. The maximum atomic E-state index is 11.9. The zero-order chi connectivity index (χ0) is 12.5. The molecule has 0 aliphatic heterocycles. The summed E-state index contributed by atoms with van der Waals surface area (Å²) in [6.07, 6.45) is 2.22. The van der Waals surface area contributed by atoms with Gasteiger partial charge in [0.05, 0.1) is 4.88 Å². The van der Waals surface area contributed by atoms with E-state index < -0.39 is 0 Å². The minimum absolute atomic E-state index is 0.0395. The van der Waals surface area contributed by atoms with Gasteiger partial charge in [-0.1, -0.05) is 12.1 Å².